The van der Waals surface area contributed by atoms with E-state index in [1.807, 2.05) is 0 Å². The van der Waals surface area contributed by atoms with E-state index in [1.54, 1.807) is 0 Å². The highest BCUT2D eigenvalue weighted by atomic mass is 127. The van der Waals surface area contributed by atoms with Crippen LogP contribution < -0.4 is 4.90 Å². The normalized spacial score (nSPS) is 17.2. The summed E-state index contributed by atoms with van der Waals surface area (Å²) in [6.07, 6.45) is 0.607. The van der Waals surface area contributed by atoms with Gasteiger partial charge in [0.1, 0.15) is 0 Å². The second-order valence-corrected chi connectivity index (χ2v) is 10.4. The number of β-amino-alcohol motifs (C(OH)–C–C–N with tert-alkyl or cyclic N) is 1. The predicted octanol–water partition coefficient (Wildman–Crippen LogP) is 5.82. The third-order valence-electron chi connectivity index (χ3n) is 5.94. The molecule has 0 saturated carbocycles. The van der Waals surface area contributed by atoms with Crippen LogP contribution in [0.4, 0.5) is 5.69 Å². The average Bonchev–Trinajstić information content (AvgIpc) is 3.16. The number of anilines is 1. The van der Waals surface area contributed by atoms with Gasteiger partial charge in [-0.15, -0.1) is 0 Å². The zero-order chi connectivity index (χ0) is 20.1. The Hall–Kier alpha value is -1.32. The number of nitrogens with zero attached hydrogens (tertiary/aromatic N) is 2. The summed E-state index contributed by atoms with van der Waals surface area (Å²) in [6, 6.07) is 22.1. The number of rotatable bonds is 4. The summed E-state index contributed by atoms with van der Waals surface area (Å²) in [5, 5.41) is 13.6. The predicted molar refractivity (Wildman–Crippen MR) is 138 cm³/mol. The van der Waals surface area contributed by atoms with E-state index in [4.69, 9.17) is 0 Å². The number of benzene rings is 3. The van der Waals surface area contributed by atoms with E-state index in [9.17, 15) is 5.11 Å². The van der Waals surface area contributed by atoms with Crippen molar-refractivity contribution in [2.24, 2.45) is 0 Å². The SMILES string of the molecule is CC1Cc2ccccc2N1CC(O)Cn1c2ccc(I)cc2c2cc(I)ccc21. The fraction of sp³-hybridized carbons (Fsp3) is 0.250. The molecule has 1 aliphatic heterocycles. The van der Waals surface area contributed by atoms with Crippen molar-refractivity contribution in [3.05, 3.63) is 73.4 Å². The molecule has 2 unspecified atom stereocenters. The number of aromatic nitrogens is 1. The van der Waals surface area contributed by atoms with Crippen molar-refractivity contribution in [1.29, 1.82) is 0 Å². The maximum Gasteiger partial charge on any atom is 0.0893 e. The highest BCUT2D eigenvalue weighted by Gasteiger charge is 2.27. The van der Waals surface area contributed by atoms with Crippen LogP contribution in [0, 0.1) is 7.14 Å². The summed E-state index contributed by atoms with van der Waals surface area (Å²) < 4.78 is 4.75. The lowest BCUT2D eigenvalue weighted by atomic mass is 10.1. The molecule has 5 heteroatoms. The molecule has 1 N–H and O–H groups in total. The minimum atomic E-state index is -0.444. The van der Waals surface area contributed by atoms with Crippen LogP contribution >= 0.6 is 45.2 Å². The number of halogens is 2. The molecule has 29 heavy (non-hydrogen) atoms. The molecule has 1 aliphatic rings. The fourth-order valence-corrected chi connectivity index (χ4v) is 5.63. The van der Waals surface area contributed by atoms with Gasteiger partial charge in [0, 0.05) is 47.2 Å². The van der Waals surface area contributed by atoms with Crippen LogP contribution in [0.15, 0.2) is 60.7 Å². The first-order valence-corrected chi connectivity index (χ1v) is 12.1. The third kappa shape index (κ3) is 3.55. The topological polar surface area (TPSA) is 28.4 Å². The zero-order valence-electron chi connectivity index (χ0n) is 16.1. The van der Waals surface area contributed by atoms with Crippen LogP contribution in [0.5, 0.6) is 0 Å². The molecule has 0 radical (unpaired) electrons. The van der Waals surface area contributed by atoms with Crippen molar-refractivity contribution in [2.75, 3.05) is 11.4 Å². The number of aliphatic hydroxyl groups excluding tert-OH is 1. The van der Waals surface area contributed by atoms with Crippen LogP contribution in [0.3, 0.4) is 0 Å². The van der Waals surface area contributed by atoms with Gasteiger partial charge in [0.05, 0.1) is 12.6 Å². The number of hydrogen-bond acceptors (Lipinski definition) is 2. The molecule has 3 aromatic carbocycles. The van der Waals surface area contributed by atoms with Crippen molar-refractivity contribution < 1.29 is 5.11 Å². The maximum atomic E-state index is 11.1. The molecule has 0 bridgehead atoms. The van der Waals surface area contributed by atoms with Gasteiger partial charge in [0.2, 0.25) is 0 Å². The Kier molecular flexibility index (Phi) is 5.24. The Bertz CT molecular complexity index is 1160. The lowest BCUT2D eigenvalue weighted by Crippen LogP contribution is -2.38. The summed E-state index contributed by atoms with van der Waals surface area (Å²) in [5.41, 5.74) is 5.03. The van der Waals surface area contributed by atoms with Crippen LogP contribution in [-0.2, 0) is 13.0 Å². The quantitative estimate of drug-likeness (QED) is 0.296. The molecule has 0 amide bonds. The summed E-state index contributed by atoms with van der Waals surface area (Å²) >= 11 is 4.74. The van der Waals surface area contributed by atoms with E-state index < -0.39 is 6.10 Å². The highest BCUT2D eigenvalue weighted by molar-refractivity contribution is 14.1. The molecular weight excluding hydrogens is 586 g/mol. The number of hydrogen-bond donors (Lipinski definition) is 1. The smallest absolute Gasteiger partial charge is 0.0893 e. The summed E-state index contributed by atoms with van der Waals surface area (Å²) in [6.45, 7) is 3.48. The van der Waals surface area contributed by atoms with Gasteiger partial charge in [-0.05, 0) is 107 Å². The highest BCUT2D eigenvalue weighted by Crippen LogP contribution is 2.34. The van der Waals surface area contributed by atoms with Gasteiger partial charge in [0.15, 0.2) is 0 Å². The van der Waals surface area contributed by atoms with Crippen LogP contribution in [-0.4, -0.2) is 28.4 Å². The summed E-state index contributed by atoms with van der Waals surface area (Å²) in [5.74, 6) is 0. The molecule has 0 saturated heterocycles. The number of aliphatic hydroxyl groups is 1. The summed E-state index contributed by atoms with van der Waals surface area (Å²) in [4.78, 5) is 2.36. The minimum Gasteiger partial charge on any atom is -0.389 e. The molecule has 4 aromatic rings. The lowest BCUT2D eigenvalue weighted by molar-refractivity contribution is 0.160. The van der Waals surface area contributed by atoms with Crippen molar-refractivity contribution in [3.63, 3.8) is 0 Å². The van der Waals surface area contributed by atoms with Crippen LogP contribution in [0.2, 0.25) is 0 Å². The first-order chi connectivity index (χ1) is 14.0. The molecule has 5 rings (SSSR count). The molecule has 1 aromatic heterocycles. The molecule has 0 spiro atoms. The number of fused-ring (bicyclic) bond motifs is 4. The van der Waals surface area contributed by atoms with E-state index in [2.05, 4.69) is 122 Å². The zero-order valence-corrected chi connectivity index (χ0v) is 20.5. The summed E-state index contributed by atoms with van der Waals surface area (Å²) in [7, 11) is 0. The Balaban J connectivity index is 1.50. The maximum absolute atomic E-state index is 11.1. The van der Waals surface area contributed by atoms with Gasteiger partial charge < -0.3 is 14.6 Å². The minimum absolute atomic E-state index is 0.420. The Morgan fingerprint density at radius 3 is 2.21 bits per heavy atom. The van der Waals surface area contributed by atoms with Gasteiger partial charge >= 0.3 is 0 Å². The van der Waals surface area contributed by atoms with Gasteiger partial charge in [-0.3, -0.25) is 0 Å². The van der Waals surface area contributed by atoms with E-state index in [1.165, 1.54) is 40.2 Å². The van der Waals surface area contributed by atoms with Gasteiger partial charge in [-0.25, -0.2) is 0 Å². The third-order valence-corrected chi connectivity index (χ3v) is 7.28. The lowest BCUT2D eigenvalue weighted by Gasteiger charge is -2.28. The molecule has 3 nitrogen and oxygen atoms in total. The van der Waals surface area contributed by atoms with Crippen LogP contribution in [0.25, 0.3) is 21.8 Å². The van der Waals surface area contributed by atoms with E-state index in [-0.39, 0.29) is 0 Å². The van der Waals surface area contributed by atoms with Gasteiger partial charge in [-0.1, -0.05) is 18.2 Å². The molecule has 0 aliphatic carbocycles. The fourth-order valence-electron chi connectivity index (χ4n) is 4.65. The molecule has 2 heterocycles. The Morgan fingerprint density at radius 1 is 0.931 bits per heavy atom. The second-order valence-electron chi connectivity index (χ2n) is 7.92. The Labute approximate surface area is 198 Å². The van der Waals surface area contributed by atoms with Crippen molar-refractivity contribution in [2.45, 2.75) is 32.0 Å². The van der Waals surface area contributed by atoms with Crippen molar-refractivity contribution >= 4 is 72.7 Å². The second kappa shape index (κ2) is 7.74. The number of para-hydroxylation sites is 1. The standard InChI is InChI=1S/C24H22I2N2O/c1-15-10-16-4-2-3-5-22(16)27(15)13-19(29)14-28-23-8-6-17(25)11-20(23)21-12-18(26)7-9-24(21)28/h2-9,11-12,15,19,29H,10,13-14H2,1H3. The first-order valence-electron chi connectivity index (χ1n) is 9.91. The first kappa shape index (κ1) is 19.6. The largest absolute Gasteiger partial charge is 0.389 e. The monoisotopic (exact) mass is 608 g/mol. The molecule has 148 valence electrons. The molecular formula is C24H22I2N2O. The van der Waals surface area contributed by atoms with Gasteiger partial charge in [0.25, 0.3) is 0 Å². The van der Waals surface area contributed by atoms with Crippen LogP contribution in [0.1, 0.15) is 12.5 Å². The van der Waals surface area contributed by atoms with Gasteiger partial charge in [-0.2, -0.15) is 0 Å². The molecule has 2 atom stereocenters. The van der Waals surface area contributed by atoms with Crippen molar-refractivity contribution in [1.82, 2.24) is 4.57 Å². The van der Waals surface area contributed by atoms with Crippen molar-refractivity contribution in [3.8, 4) is 0 Å². The molecule has 0 fully saturated rings. The van der Waals surface area contributed by atoms with E-state index >= 15 is 0 Å². The van der Waals surface area contributed by atoms with E-state index in [0.29, 0.717) is 19.1 Å². The van der Waals surface area contributed by atoms with E-state index in [0.717, 1.165) is 6.42 Å². The average molecular weight is 608 g/mol. The Morgan fingerprint density at radius 2 is 1.55 bits per heavy atom.